The third-order valence-corrected chi connectivity index (χ3v) is 8.77. The van der Waals surface area contributed by atoms with Gasteiger partial charge in [-0.25, -0.2) is 0 Å². The van der Waals surface area contributed by atoms with E-state index >= 15 is 0 Å². The van der Waals surface area contributed by atoms with Crippen molar-refractivity contribution >= 4 is 5.78 Å². The van der Waals surface area contributed by atoms with Crippen LogP contribution in [0.25, 0.3) is 0 Å². The summed E-state index contributed by atoms with van der Waals surface area (Å²) >= 11 is 0. The van der Waals surface area contributed by atoms with Gasteiger partial charge in [-0.05, 0) is 51.4 Å². The summed E-state index contributed by atoms with van der Waals surface area (Å²) in [6, 6.07) is 4.62. The number of piperidine rings is 1. The number of likely N-dealkylation sites (tertiary alicyclic amines) is 1. The number of hydrogen-bond donors (Lipinski definition) is 0. The minimum Gasteiger partial charge on any atom is -0.493 e. The van der Waals surface area contributed by atoms with Crippen LogP contribution in [0.3, 0.4) is 0 Å². The number of likely N-dealkylation sites (N-methyl/N-ethyl adjacent to an activating group) is 1. The van der Waals surface area contributed by atoms with Gasteiger partial charge in [0.25, 0.3) is 0 Å². The smallest absolute Gasteiger partial charge is 0.166 e. The summed E-state index contributed by atoms with van der Waals surface area (Å²) in [6.07, 6.45) is 7.19. The van der Waals surface area contributed by atoms with Crippen LogP contribution in [0.1, 0.15) is 30.9 Å². The molecule has 1 aromatic carbocycles. The third kappa shape index (κ3) is 1.49. The average molecular weight is 381 g/mol. The van der Waals surface area contributed by atoms with Crippen molar-refractivity contribution in [3.8, 4) is 11.5 Å². The maximum absolute atomic E-state index is 12.8. The van der Waals surface area contributed by atoms with Crippen molar-refractivity contribution in [1.29, 1.82) is 0 Å². The number of Topliss-reactive ketones (excluding diaryl/α,β-unsaturated/α-hetero) is 1. The van der Waals surface area contributed by atoms with Crippen LogP contribution in [0.15, 0.2) is 24.3 Å². The lowest BCUT2D eigenvalue weighted by Gasteiger charge is -2.70. The van der Waals surface area contributed by atoms with Crippen LogP contribution >= 0.6 is 0 Å². The van der Waals surface area contributed by atoms with Crippen LogP contribution < -0.4 is 9.47 Å². The van der Waals surface area contributed by atoms with Crippen LogP contribution in [0.5, 0.6) is 11.5 Å². The van der Waals surface area contributed by atoms with Gasteiger partial charge in [-0.1, -0.05) is 18.2 Å². The van der Waals surface area contributed by atoms with Gasteiger partial charge in [0, 0.05) is 24.1 Å². The fourth-order valence-electron chi connectivity index (χ4n) is 7.67. The summed E-state index contributed by atoms with van der Waals surface area (Å²) < 4.78 is 18.7. The molecular formula is C23H27NO4. The second-order valence-electron chi connectivity index (χ2n) is 9.35. The maximum atomic E-state index is 12.8. The highest BCUT2D eigenvalue weighted by Gasteiger charge is 2.79. The highest BCUT2D eigenvalue weighted by Crippen LogP contribution is 2.74. The van der Waals surface area contributed by atoms with E-state index in [0.29, 0.717) is 6.04 Å². The first kappa shape index (κ1) is 17.0. The van der Waals surface area contributed by atoms with Crippen LogP contribution in [0.2, 0.25) is 0 Å². The van der Waals surface area contributed by atoms with Crippen molar-refractivity contribution in [2.24, 2.45) is 11.3 Å². The molecule has 5 heteroatoms. The molecule has 0 N–H and O–H groups in total. The largest absolute Gasteiger partial charge is 0.493 e. The number of carbonyl (C=O) groups excluding carboxylic acids is 1. The van der Waals surface area contributed by atoms with Gasteiger partial charge in [-0.3, -0.25) is 4.79 Å². The predicted octanol–water partition coefficient (Wildman–Crippen LogP) is 2.50. The van der Waals surface area contributed by atoms with Gasteiger partial charge in [0.05, 0.1) is 18.4 Å². The zero-order chi connectivity index (χ0) is 19.5. The van der Waals surface area contributed by atoms with E-state index in [-0.39, 0.29) is 28.6 Å². The summed E-state index contributed by atoms with van der Waals surface area (Å²) in [5.74, 6) is 1.68. The Labute approximate surface area is 165 Å². The van der Waals surface area contributed by atoms with E-state index < -0.39 is 5.60 Å². The van der Waals surface area contributed by atoms with Gasteiger partial charge >= 0.3 is 0 Å². The molecule has 0 radical (unpaired) electrons. The molecular weight excluding hydrogens is 354 g/mol. The Morgan fingerprint density at radius 1 is 1.29 bits per heavy atom. The number of methoxy groups -OCH3 is 2. The molecule has 1 unspecified atom stereocenters. The van der Waals surface area contributed by atoms with Gasteiger partial charge in [-0.2, -0.15) is 0 Å². The first-order chi connectivity index (χ1) is 13.4. The molecule has 4 aliphatic carbocycles. The Kier molecular flexibility index (Phi) is 3.05. The van der Waals surface area contributed by atoms with Crippen molar-refractivity contribution in [2.75, 3.05) is 27.8 Å². The van der Waals surface area contributed by atoms with Crippen LogP contribution in [0.4, 0.5) is 0 Å². The Hall–Kier alpha value is -1.85. The molecule has 2 heterocycles. The number of nitrogens with zero attached hydrogens (tertiary/aromatic N) is 1. The molecule has 148 valence electrons. The van der Waals surface area contributed by atoms with Crippen molar-refractivity contribution < 1.29 is 19.0 Å². The highest BCUT2D eigenvalue weighted by molar-refractivity contribution is 5.82. The lowest BCUT2D eigenvalue weighted by Crippen LogP contribution is -2.79. The van der Waals surface area contributed by atoms with E-state index in [4.69, 9.17) is 14.2 Å². The highest BCUT2D eigenvalue weighted by atomic mass is 16.6. The Morgan fingerprint density at radius 2 is 2.11 bits per heavy atom. The topological polar surface area (TPSA) is 48.0 Å². The standard InChI is InChI=1S/C23H27NO4/c1-13(25)15-12-21-7-8-23(15,27-4)20-22(21)9-10-24(2)17(21)11-14-5-6-16(26-3)19(28-20)18(14)22/h5-8,15,17,20H,9-12H2,1-4H3/t15?,17-,20-,21-,22+,23-/m1/s1. The van der Waals surface area contributed by atoms with Crippen LogP contribution in [0, 0.1) is 11.3 Å². The van der Waals surface area contributed by atoms with E-state index in [9.17, 15) is 4.79 Å². The Balaban J connectivity index is 1.72. The lowest BCUT2D eigenvalue weighted by atomic mass is 9.37. The summed E-state index contributed by atoms with van der Waals surface area (Å²) in [5.41, 5.74) is 1.72. The molecule has 6 atom stereocenters. The van der Waals surface area contributed by atoms with Crippen LogP contribution in [-0.4, -0.2) is 56.2 Å². The van der Waals surface area contributed by atoms with E-state index in [0.717, 1.165) is 37.3 Å². The molecule has 1 aromatic rings. The van der Waals surface area contributed by atoms with Gasteiger partial charge in [0.1, 0.15) is 17.5 Å². The first-order valence-corrected chi connectivity index (χ1v) is 10.3. The molecule has 5 nitrogen and oxygen atoms in total. The minimum atomic E-state index is -0.716. The number of carbonyl (C=O) groups is 1. The third-order valence-electron chi connectivity index (χ3n) is 8.77. The molecule has 1 saturated carbocycles. The van der Waals surface area contributed by atoms with Gasteiger partial charge in [0.15, 0.2) is 11.5 Å². The van der Waals surface area contributed by atoms with Crippen LogP contribution in [-0.2, 0) is 21.4 Å². The normalized spacial score (nSPS) is 44.2. The number of hydrogen-bond acceptors (Lipinski definition) is 5. The molecule has 2 fully saturated rings. The maximum Gasteiger partial charge on any atom is 0.166 e. The predicted molar refractivity (Wildman–Crippen MR) is 104 cm³/mol. The molecule has 6 aliphatic rings. The summed E-state index contributed by atoms with van der Waals surface area (Å²) in [7, 11) is 5.67. The molecule has 1 saturated heterocycles. The summed E-state index contributed by atoms with van der Waals surface area (Å²) in [4.78, 5) is 15.3. The van der Waals surface area contributed by atoms with Crippen molar-refractivity contribution in [1.82, 2.24) is 4.90 Å². The molecule has 4 bridgehead atoms. The lowest BCUT2D eigenvalue weighted by molar-refractivity contribution is -0.212. The average Bonchev–Trinajstić information content (AvgIpc) is 3.07. The zero-order valence-electron chi connectivity index (χ0n) is 17.0. The molecule has 28 heavy (non-hydrogen) atoms. The number of ether oxygens (including phenoxy) is 3. The minimum absolute atomic E-state index is 0.105. The van der Waals surface area contributed by atoms with E-state index in [1.54, 1.807) is 21.1 Å². The SMILES string of the molecule is COc1ccc2c3c1O[C@@H]1[C@]34CCN(C)[C@H](C2)[C@]42C=C[C@@]1(OC)C(C(C)=O)C2. The number of fused-ring (bicyclic) bond motifs is 1. The van der Waals surface area contributed by atoms with Crippen molar-refractivity contribution in [3.63, 3.8) is 0 Å². The first-order valence-electron chi connectivity index (χ1n) is 10.3. The molecule has 2 aliphatic heterocycles. The fourth-order valence-corrected chi connectivity index (χ4v) is 7.67. The Bertz CT molecular complexity index is 941. The molecule has 2 spiro atoms. The molecule has 7 rings (SSSR count). The molecule has 0 aromatic heterocycles. The second kappa shape index (κ2) is 5.00. The quantitative estimate of drug-likeness (QED) is 0.753. The summed E-state index contributed by atoms with van der Waals surface area (Å²) in [6.45, 7) is 2.74. The number of rotatable bonds is 3. The van der Waals surface area contributed by atoms with E-state index in [1.165, 1.54) is 11.1 Å². The number of ketones is 1. The fraction of sp³-hybridized carbons (Fsp3) is 0.609. The van der Waals surface area contributed by atoms with E-state index in [2.05, 4.69) is 30.2 Å². The summed E-state index contributed by atoms with van der Waals surface area (Å²) in [5, 5.41) is 0. The second-order valence-corrected chi connectivity index (χ2v) is 9.35. The van der Waals surface area contributed by atoms with E-state index in [1.807, 2.05) is 6.07 Å². The monoisotopic (exact) mass is 381 g/mol. The van der Waals surface area contributed by atoms with Gasteiger partial charge in [0.2, 0.25) is 0 Å². The zero-order valence-corrected chi connectivity index (χ0v) is 17.0. The molecule has 0 amide bonds. The van der Waals surface area contributed by atoms with Crippen molar-refractivity contribution in [3.05, 3.63) is 35.4 Å². The Morgan fingerprint density at radius 3 is 2.82 bits per heavy atom. The number of benzene rings is 1. The van der Waals surface area contributed by atoms with Gasteiger partial charge in [-0.15, -0.1) is 0 Å². The van der Waals surface area contributed by atoms with Gasteiger partial charge < -0.3 is 19.1 Å². The van der Waals surface area contributed by atoms with Crippen molar-refractivity contribution in [2.45, 2.75) is 49.3 Å².